The molecule has 1 aliphatic heterocycles. The van der Waals surface area contributed by atoms with E-state index in [-0.39, 0.29) is 0 Å². The highest BCUT2D eigenvalue weighted by molar-refractivity contribution is 4.78. The zero-order chi connectivity index (χ0) is 10.4. The van der Waals surface area contributed by atoms with Gasteiger partial charge in [0.25, 0.3) is 0 Å². The Hall–Kier alpha value is -0.0400. The second-order valence-electron chi connectivity index (χ2n) is 5.57. The first-order valence-electron chi connectivity index (χ1n) is 6.36. The fraction of sp³-hybridized carbons (Fsp3) is 1.00. The van der Waals surface area contributed by atoms with Gasteiger partial charge in [0.1, 0.15) is 0 Å². The van der Waals surface area contributed by atoms with Gasteiger partial charge in [-0.15, -0.1) is 0 Å². The predicted molar refractivity (Wildman–Crippen MR) is 63.6 cm³/mol. The van der Waals surface area contributed by atoms with Crippen LogP contribution in [0, 0.1) is 5.41 Å². The summed E-state index contributed by atoms with van der Waals surface area (Å²) in [4.78, 5) is 2.65. The SMILES string of the molecule is CCCCCCN1CCC(C)(C)CC1. The van der Waals surface area contributed by atoms with Gasteiger partial charge in [-0.05, 0) is 44.3 Å². The lowest BCUT2D eigenvalue weighted by molar-refractivity contribution is 0.131. The van der Waals surface area contributed by atoms with Crippen molar-refractivity contribution in [2.45, 2.75) is 59.3 Å². The van der Waals surface area contributed by atoms with Crippen LogP contribution in [0.15, 0.2) is 0 Å². The average molecular weight is 197 g/mol. The van der Waals surface area contributed by atoms with Gasteiger partial charge in [0.15, 0.2) is 0 Å². The van der Waals surface area contributed by atoms with Crippen LogP contribution in [0.25, 0.3) is 0 Å². The van der Waals surface area contributed by atoms with Crippen molar-refractivity contribution in [1.82, 2.24) is 4.90 Å². The zero-order valence-corrected chi connectivity index (χ0v) is 10.3. The summed E-state index contributed by atoms with van der Waals surface area (Å²) < 4.78 is 0. The molecule has 0 atom stereocenters. The maximum absolute atomic E-state index is 2.65. The van der Waals surface area contributed by atoms with Crippen LogP contribution in [0.4, 0.5) is 0 Å². The molecule has 0 amide bonds. The van der Waals surface area contributed by atoms with Gasteiger partial charge in [-0.25, -0.2) is 0 Å². The van der Waals surface area contributed by atoms with Crippen molar-refractivity contribution in [1.29, 1.82) is 0 Å². The van der Waals surface area contributed by atoms with E-state index in [2.05, 4.69) is 25.7 Å². The molecule has 1 nitrogen and oxygen atoms in total. The van der Waals surface area contributed by atoms with E-state index in [0.717, 1.165) is 0 Å². The summed E-state index contributed by atoms with van der Waals surface area (Å²) in [5.74, 6) is 0. The van der Waals surface area contributed by atoms with Crippen molar-refractivity contribution < 1.29 is 0 Å². The highest BCUT2D eigenvalue weighted by Crippen LogP contribution is 2.29. The Morgan fingerprint density at radius 2 is 1.64 bits per heavy atom. The lowest BCUT2D eigenvalue weighted by Crippen LogP contribution is -2.37. The summed E-state index contributed by atoms with van der Waals surface area (Å²) in [6.45, 7) is 11.1. The maximum Gasteiger partial charge on any atom is -0.00136 e. The first-order chi connectivity index (χ1) is 6.64. The molecule has 1 heteroatoms. The maximum atomic E-state index is 2.65. The molecule has 1 fully saturated rings. The highest BCUT2D eigenvalue weighted by Gasteiger charge is 2.24. The summed E-state index contributed by atoms with van der Waals surface area (Å²) in [7, 11) is 0. The van der Waals surface area contributed by atoms with Crippen LogP contribution in [-0.4, -0.2) is 24.5 Å². The molecule has 0 aliphatic carbocycles. The van der Waals surface area contributed by atoms with Gasteiger partial charge in [0.05, 0.1) is 0 Å². The fourth-order valence-corrected chi connectivity index (χ4v) is 2.14. The molecule has 1 heterocycles. The van der Waals surface area contributed by atoms with Crippen LogP contribution in [0.2, 0.25) is 0 Å². The van der Waals surface area contributed by atoms with Crippen molar-refractivity contribution in [2.24, 2.45) is 5.41 Å². The molecule has 0 aromatic heterocycles. The summed E-state index contributed by atoms with van der Waals surface area (Å²) in [6, 6.07) is 0. The number of hydrogen-bond donors (Lipinski definition) is 0. The summed E-state index contributed by atoms with van der Waals surface area (Å²) in [6.07, 6.45) is 8.39. The fourth-order valence-electron chi connectivity index (χ4n) is 2.14. The molecule has 1 rings (SSSR count). The number of rotatable bonds is 5. The van der Waals surface area contributed by atoms with Crippen molar-refractivity contribution in [3.63, 3.8) is 0 Å². The first kappa shape index (κ1) is 12.0. The average Bonchev–Trinajstić information content (AvgIpc) is 2.15. The lowest BCUT2D eigenvalue weighted by atomic mass is 9.82. The minimum Gasteiger partial charge on any atom is -0.303 e. The Labute approximate surface area is 89.9 Å². The molecule has 1 aliphatic rings. The number of hydrogen-bond acceptors (Lipinski definition) is 1. The van der Waals surface area contributed by atoms with Crippen molar-refractivity contribution >= 4 is 0 Å². The van der Waals surface area contributed by atoms with Crippen LogP contribution >= 0.6 is 0 Å². The minimum absolute atomic E-state index is 0.611. The van der Waals surface area contributed by atoms with E-state index in [1.807, 2.05) is 0 Å². The Kier molecular flexibility index (Phi) is 4.94. The minimum atomic E-state index is 0.611. The van der Waals surface area contributed by atoms with E-state index in [1.54, 1.807) is 0 Å². The molecule has 14 heavy (non-hydrogen) atoms. The van der Waals surface area contributed by atoms with Crippen LogP contribution in [0.1, 0.15) is 59.3 Å². The van der Waals surface area contributed by atoms with Gasteiger partial charge in [-0.3, -0.25) is 0 Å². The zero-order valence-electron chi connectivity index (χ0n) is 10.3. The Bertz CT molecular complexity index is 141. The topological polar surface area (TPSA) is 3.24 Å². The van der Waals surface area contributed by atoms with Crippen molar-refractivity contribution in [2.75, 3.05) is 19.6 Å². The van der Waals surface area contributed by atoms with Gasteiger partial charge in [0, 0.05) is 0 Å². The summed E-state index contributed by atoms with van der Waals surface area (Å²) in [5.41, 5.74) is 0.611. The van der Waals surface area contributed by atoms with E-state index < -0.39 is 0 Å². The normalized spacial score (nSPS) is 22.5. The van der Waals surface area contributed by atoms with E-state index in [1.165, 1.54) is 58.2 Å². The summed E-state index contributed by atoms with van der Waals surface area (Å²) >= 11 is 0. The standard InChI is InChI=1S/C13H27N/c1-4-5-6-7-10-14-11-8-13(2,3)9-12-14/h4-12H2,1-3H3. The number of unbranched alkanes of at least 4 members (excludes halogenated alkanes) is 3. The Morgan fingerprint density at radius 3 is 2.21 bits per heavy atom. The quantitative estimate of drug-likeness (QED) is 0.608. The second kappa shape index (κ2) is 5.75. The molecule has 84 valence electrons. The third-order valence-electron chi connectivity index (χ3n) is 3.54. The molecule has 0 radical (unpaired) electrons. The molecule has 0 saturated carbocycles. The second-order valence-corrected chi connectivity index (χ2v) is 5.57. The first-order valence-corrected chi connectivity index (χ1v) is 6.36. The van der Waals surface area contributed by atoms with E-state index in [4.69, 9.17) is 0 Å². The van der Waals surface area contributed by atoms with Gasteiger partial charge in [-0.1, -0.05) is 40.0 Å². The van der Waals surface area contributed by atoms with Crippen molar-refractivity contribution in [3.05, 3.63) is 0 Å². The van der Waals surface area contributed by atoms with Crippen LogP contribution < -0.4 is 0 Å². The molecule has 0 unspecified atom stereocenters. The van der Waals surface area contributed by atoms with E-state index in [9.17, 15) is 0 Å². The van der Waals surface area contributed by atoms with Crippen molar-refractivity contribution in [3.8, 4) is 0 Å². The van der Waals surface area contributed by atoms with Gasteiger partial charge in [0.2, 0.25) is 0 Å². The Morgan fingerprint density at radius 1 is 1.00 bits per heavy atom. The highest BCUT2D eigenvalue weighted by atomic mass is 15.1. The molecule has 0 aromatic carbocycles. The largest absolute Gasteiger partial charge is 0.303 e. The lowest BCUT2D eigenvalue weighted by Gasteiger charge is -2.36. The molecule has 1 saturated heterocycles. The van der Waals surface area contributed by atoms with Crippen LogP contribution in [0.3, 0.4) is 0 Å². The van der Waals surface area contributed by atoms with Gasteiger partial charge < -0.3 is 4.90 Å². The van der Waals surface area contributed by atoms with E-state index >= 15 is 0 Å². The molecule has 0 N–H and O–H groups in total. The van der Waals surface area contributed by atoms with Gasteiger partial charge in [-0.2, -0.15) is 0 Å². The predicted octanol–water partition coefficient (Wildman–Crippen LogP) is 3.69. The molecule has 0 bridgehead atoms. The number of likely N-dealkylation sites (tertiary alicyclic amines) is 1. The van der Waals surface area contributed by atoms with E-state index in [0.29, 0.717) is 5.41 Å². The molecule has 0 aromatic rings. The third-order valence-corrected chi connectivity index (χ3v) is 3.54. The summed E-state index contributed by atoms with van der Waals surface area (Å²) in [5, 5.41) is 0. The van der Waals surface area contributed by atoms with Gasteiger partial charge >= 0.3 is 0 Å². The molecule has 0 spiro atoms. The molecular formula is C13H27N. The van der Waals surface area contributed by atoms with Crippen LogP contribution in [-0.2, 0) is 0 Å². The number of nitrogens with zero attached hydrogens (tertiary/aromatic N) is 1. The Balaban J connectivity index is 2.04. The van der Waals surface area contributed by atoms with Crippen LogP contribution in [0.5, 0.6) is 0 Å². The third kappa shape index (κ3) is 4.45. The monoisotopic (exact) mass is 197 g/mol. The smallest absolute Gasteiger partial charge is 0.00136 e. The number of piperidine rings is 1. The molecular weight excluding hydrogens is 170 g/mol.